The molecule has 1 N–H and O–H groups in total. The van der Waals surface area contributed by atoms with Gasteiger partial charge in [-0.1, -0.05) is 33.3 Å². The highest BCUT2D eigenvalue weighted by Gasteiger charge is 2.48. The number of hydrogen-bond donors (Lipinski definition) is 1. The molecule has 0 aromatic carbocycles. The van der Waals surface area contributed by atoms with Crippen molar-refractivity contribution in [1.82, 2.24) is 0 Å². The van der Waals surface area contributed by atoms with Crippen molar-refractivity contribution >= 4 is 6.29 Å². The molecule has 2 nitrogen and oxygen atoms in total. The number of carbonyl (C=O) groups excluding carboxylic acids is 1. The van der Waals surface area contributed by atoms with Crippen LogP contribution in [-0.2, 0) is 4.79 Å². The summed E-state index contributed by atoms with van der Waals surface area (Å²) in [6, 6.07) is 0. The van der Waals surface area contributed by atoms with E-state index in [1.54, 1.807) is 0 Å². The summed E-state index contributed by atoms with van der Waals surface area (Å²) in [6.07, 6.45) is 6.66. The summed E-state index contributed by atoms with van der Waals surface area (Å²) in [4.78, 5) is 10.9. The van der Waals surface area contributed by atoms with Crippen LogP contribution >= 0.6 is 0 Å². The Balaban J connectivity index is 2.39. The Labute approximate surface area is 97.7 Å². The van der Waals surface area contributed by atoms with Crippen molar-refractivity contribution in [3.8, 4) is 0 Å². The average Bonchev–Trinajstić information content (AvgIpc) is 2.19. The number of fused-ring (bicyclic) bond motifs is 1. The minimum Gasteiger partial charge on any atom is -0.388 e. The molecule has 0 radical (unpaired) electrons. The molecule has 1 fully saturated rings. The molecule has 90 valence electrons. The molecule has 2 aliphatic carbocycles. The monoisotopic (exact) mass is 222 g/mol. The summed E-state index contributed by atoms with van der Waals surface area (Å²) in [7, 11) is 0. The first-order chi connectivity index (χ1) is 7.39. The molecule has 0 aliphatic heterocycles. The van der Waals surface area contributed by atoms with Crippen molar-refractivity contribution in [3.05, 3.63) is 11.6 Å². The van der Waals surface area contributed by atoms with Crippen LogP contribution < -0.4 is 0 Å². The van der Waals surface area contributed by atoms with E-state index < -0.39 is 6.10 Å². The number of aldehydes is 1. The minimum atomic E-state index is -0.548. The first kappa shape index (κ1) is 11.8. The van der Waals surface area contributed by atoms with Gasteiger partial charge in [-0.05, 0) is 36.0 Å². The van der Waals surface area contributed by atoms with Crippen LogP contribution in [0.2, 0.25) is 0 Å². The van der Waals surface area contributed by atoms with Gasteiger partial charge in [0.1, 0.15) is 6.29 Å². The lowest BCUT2D eigenvalue weighted by Gasteiger charge is -2.52. The van der Waals surface area contributed by atoms with Gasteiger partial charge >= 0.3 is 0 Å². The second-order valence-electron chi connectivity index (χ2n) is 6.41. The van der Waals surface area contributed by atoms with E-state index in [2.05, 4.69) is 20.8 Å². The lowest BCUT2D eigenvalue weighted by molar-refractivity contribution is -0.106. The van der Waals surface area contributed by atoms with Gasteiger partial charge in [0, 0.05) is 5.57 Å². The lowest BCUT2D eigenvalue weighted by atomic mass is 9.52. The molecule has 0 unspecified atom stereocenters. The van der Waals surface area contributed by atoms with Crippen molar-refractivity contribution < 1.29 is 9.90 Å². The molecule has 0 spiro atoms. The van der Waals surface area contributed by atoms with Crippen LogP contribution in [0.15, 0.2) is 11.6 Å². The summed E-state index contributed by atoms with van der Waals surface area (Å²) in [6.45, 7) is 6.83. The zero-order valence-electron chi connectivity index (χ0n) is 10.5. The molecule has 0 heterocycles. The Bertz CT molecular complexity index is 330. The molecule has 0 amide bonds. The molecule has 0 saturated heterocycles. The van der Waals surface area contributed by atoms with E-state index in [0.717, 1.165) is 19.1 Å². The Morgan fingerprint density at radius 1 is 1.38 bits per heavy atom. The van der Waals surface area contributed by atoms with Gasteiger partial charge < -0.3 is 5.11 Å². The Hall–Kier alpha value is -0.630. The fraction of sp³-hybridized carbons (Fsp3) is 0.786. The molecular formula is C14H22O2. The molecule has 1 saturated carbocycles. The van der Waals surface area contributed by atoms with E-state index in [0.29, 0.717) is 11.5 Å². The first-order valence-electron chi connectivity index (χ1n) is 6.25. The van der Waals surface area contributed by atoms with Gasteiger partial charge in [-0.3, -0.25) is 4.79 Å². The smallest absolute Gasteiger partial charge is 0.148 e. The van der Waals surface area contributed by atoms with Crippen molar-refractivity contribution in [2.24, 2.45) is 16.7 Å². The molecule has 0 aromatic rings. The quantitative estimate of drug-likeness (QED) is 0.693. The van der Waals surface area contributed by atoms with E-state index in [-0.39, 0.29) is 10.8 Å². The lowest BCUT2D eigenvalue weighted by Crippen LogP contribution is -2.46. The Morgan fingerprint density at radius 3 is 2.69 bits per heavy atom. The topological polar surface area (TPSA) is 37.3 Å². The van der Waals surface area contributed by atoms with Gasteiger partial charge in [-0.25, -0.2) is 0 Å². The third kappa shape index (κ3) is 1.73. The molecular weight excluding hydrogens is 200 g/mol. The maximum atomic E-state index is 10.9. The van der Waals surface area contributed by atoms with Gasteiger partial charge in [-0.15, -0.1) is 0 Å². The molecule has 0 aromatic heterocycles. The van der Waals surface area contributed by atoms with E-state index in [1.807, 2.05) is 6.08 Å². The van der Waals surface area contributed by atoms with Crippen molar-refractivity contribution in [2.75, 3.05) is 0 Å². The maximum Gasteiger partial charge on any atom is 0.148 e. The molecule has 0 bridgehead atoms. The number of carbonyl (C=O) groups is 1. The fourth-order valence-electron chi connectivity index (χ4n) is 3.88. The predicted molar refractivity (Wildman–Crippen MR) is 64.0 cm³/mol. The number of rotatable bonds is 1. The van der Waals surface area contributed by atoms with Gasteiger partial charge in [0.25, 0.3) is 0 Å². The van der Waals surface area contributed by atoms with Crippen LogP contribution in [0.25, 0.3) is 0 Å². The van der Waals surface area contributed by atoms with Crippen LogP contribution in [0.5, 0.6) is 0 Å². The Morgan fingerprint density at radius 2 is 2.06 bits per heavy atom. The highest BCUT2D eigenvalue weighted by atomic mass is 16.3. The first-order valence-corrected chi connectivity index (χ1v) is 6.25. The normalized spacial score (nSPS) is 42.1. The highest BCUT2D eigenvalue weighted by molar-refractivity contribution is 5.75. The van der Waals surface area contributed by atoms with Crippen molar-refractivity contribution in [2.45, 2.75) is 52.6 Å². The summed E-state index contributed by atoms with van der Waals surface area (Å²) >= 11 is 0. The minimum absolute atomic E-state index is 0.108. The highest BCUT2D eigenvalue weighted by Crippen LogP contribution is 2.56. The SMILES string of the molecule is CC1(C)CCC[C@]2(C)C=C(C=O)[C@H](O)C[C@@H]12. The van der Waals surface area contributed by atoms with E-state index in [9.17, 15) is 9.90 Å². The van der Waals surface area contributed by atoms with E-state index in [1.165, 1.54) is 12.8 Å². The largest absolute Gasteiger partial charge is 0.388 e. The summed E-state index contributed by atoms with van der Waals surface area (Å²) in [5.41, 5.74) is 0.979. The third-order valence-corrected chi connectivity index (χ3v) is 4.75. The van der Waals surface area contributed by atoms with Crippen LogP contribution in [0, 0.1) is 16.7 Å². The zero-order valence-corrected chi connectivity index (χ0v) is 10.5. The number of allylic oxidation sites excluding steroid dienone is 1. The van der Waals surface area contributed by atoms with Gasteiger partial charge in [0.05, 0.1) is 6.10 Å². The summed E-state index contributed by atoms with van der Waals surface area (Å²) in [5.74, 6) is 0.493. The molecule has 2 heteroatoms. The van der Waals surface area contributed by atoms with E-state index in [4.69, 9.17) is 0 Å². The van der Waals surface area contributed by atoms with Gasteiger partial charge in [-0.2, -0.15) is 0 Å². The summed E-state index contributed by atoms with van der Waals surface area (Å²) < 4.78 is 0. The van der Waals surface area contributed by atoms with Gasteiger partial charge in [0.15, 0.2) is 0 Å². The van der Waals surface area contributed by atoms with Crippen LogP contribution in [-0.4, -0.2) is 17.5 Å². The van der Waals surface area contributed by atoms with Crippen LogP contribution in [0.4, 0.5) is 0 Å². The molecule has 2 rings (SSSR count). The zero-order chi connectivity index (χ0) is 12.0. The number of aliphatic hydroxyl groups excluding tert-OH is 1. The average molecular weight is 222 g/mol. The molecule has 3 atom stereocenters. The molecule has 16 heavy (non-hydrogen) atoms. The van der Waals surface area contributed by atoms with E-state index >= 15 is 0 Å². The predicted octanol–water partition coefficient (Wildman–Crippen LogP) is 2.71. The van der Waals surface area contributed by atoms with Gasteiger partial charge in [0.2, 0.25) is 0 Å². The third-order valence-electron chi connectivity index (χ3n) is 4.75. The summed E-state index contributed by atoms with van der Waals surface area (Å²) in [5, 5.41) is 9.95. The second-order valence-corrected chi connectivity index (χ2v) is 6.41. The van der Waals surface area contributed by atoms with Crippen molar-refractivity contribution in [3.63, 3.8) is 0 Å². The fourth-order valence-corrected chi connectivity index (χ4v) is 3.88. The van der Waals surface area contributed by atoms with Crippen LogP contribution in [0.3, 0.4) is 0 Å². The second kappa shape index (κ2) is 3.69. The Kier molecular flexibility index (Phi) is 2.73. The van der Waals surface area contributed by atoms with Crippen molar-refractivity contribution in [1.29, 1.82) is 0 Å². The maximum absolute atomic E-state index is 10.9. The number of hydrogen-bond acceptors (Lipinski definition) is 2. The number of aliphatic hydroxyl groups is 1. The van der Waals surface area contributed by atoms with Crippen LogP contribution in [0.1, 0.15) is 46.5 Å². The standard InChI is InChI=1S/C14H22O2/c1-13(2)5-4-6-14(3)8-10(9-15)11(16)7-12(13)14/h8-9,11-12,16H,4-7H2,1-3H3/t11-,12+,14-/m1/s1. The molecule has 2 aliphatic rings.